The van der Waals surface area contributed by atoms with E-state index < -0.39 is 0 Å². The summed E-state index contributed by atoms with van der Waals surface area (Å²) < 4.78 is 4.82. The molecule has 0 bridgehead atoms. The van der Waals surface area contributed by atoms with Crippen LogP contribution in [0.1, 0.15) is 12.5 Å². The fraction of sp³-hybridized carbons (Fsp3) is 0.364. The van der Waals surface area contributed by atoms with E-state index in [0.717, 1.165) is 11.4 Å². The second-order valence-corrected chi connectivity index (χ2v) is 4.03. The van der Waals surface area contributed by atoms with Crippen molar-refractivity contribution in [3.05, 3.63) is 29.8 Å². The lowest BCUT2D eigenvalue weighted by atomic mass is 10.2. The van der Waals surface area contributed by atoms with Gasteiger partial charge in [0.25, 0.3) is 0 Å². The zero-order chi connectivity index (χ0) is 11.1. The first-order chi connectivity index (χ1) is 7.22. The molecule has 0 spiro atoms. The van der Waals surface area contributed by atoms with Gasteiger partial charge in [0.2, 0.25) is 0 Å². The van der Waals surface area contributed by atoms with Gasteiger partial charge < -0.3 is 10.5 Å². The lowest BCUT2D eigenvalue weighted by molar-refractivity contribution is -0.139. The average molecular weight is 225 g/mol. The van der Waals surface area contributed by atoms with Gasteiger partial charge in [0, 0.05) is 11.4 Å². The van der Waals surface area contributed by atoms with E-state index in [4.69, 9.17) is 10.5 Å². The molecule has 0 saturated carbocycles. The minimum atomic E-state index is -0.155. The number of thioether (sulfide) groups is 1. The van der Waals surface area contributed by atoms with Crippen LogP contribution in [0.2, 0.25) is 0 Å². The maximum atomic E-state index is 11.0. The third-order valence-electron chi connectivity index (χ3n) is 1.77. The van der Waals surface area contributed by atoms with Crippen molar-refractivity contribution < 1.29 is 9.53 Å². The SMILES string of the molecule is CCOC(=O)CSCc1ccc(N)cc1. The molecule has 1 rings (SSSR count). The number of carbonyl (C=O) groups is 1. The summed E-state index contributed by atoms with van der Waals surface area (Å²) >= 11 is 1.54. The summed E-state index contributed by atoms with van der Waals surface area (Å²) in [5.74, 6) is 1.05. The molecule has 0 atom stereocenters. The molecular formula is C11H15NO2S. The lowest BCUT2D eigenvalue weighted by Gasteiger charge is -2.02. The Hall–Kier alpha value is -1.16. The highest BCUT2D eigenvalue weighted by atomic mass is 32.2. The Morgan fingerprint density at radius 1 is 1.40 bits per heavy atom. The van der Waals surface area contributed by atoms with Gasteiger partial charge in [0.15, 0.2) is 0 Å². The van der Waals surface area contributed by atoms with Crippen molar-refractivity contribution >= 4 is 23.4 Å². The van der Waals surface area contributed by atoms with Gasteiger partial charge in [-0.05, 0) is 24.6 Å². The second-order valence-electron chi connectivity index (χ2n) is 3.04. The molecule has 0 unspecified atom stereocenters. The maximum absolute atomic E-state index is 11.0. The van der Waals surface area contributed by atoms with E-state index in [1.807, 2.05) is 31.2 Å². The lowest BCUT2D eigenvalue weighted by Crippen LogP contribution is -2.06. The molecule has 15 heavy (non-hydrogen) atoms. The fourth-order valence-corrected chi connectivity index (χ4v) is 1.85. The van der Waals surface area contributed by atoms with E-state index in [-0.39, 0.29) is 5.97 Å². The van der Waals surface area contributed by atoms with E-state index >= 15 is 0 Å². The predicted molar refractivity (Wildman–Crippen MR) is 63.6 cm³/mol. The predicted octanol–water partition coefficient (Wildman–Crippen LogP) is 2.07. The Labute approximate surface area is 94.0 Å². The highest BCUT2D eigenvalue weighted by Gasteiger charge is 2.01. The molecule has 0 aromatic heterocycles. The highest BCUT2D eigenvalue weighted by molar-refractivity contribution is 7.99. The Kier molecular flexibility index (Phi) is 5.04. The van der Waals surface area contributed by atoms with Crippen molar-refractivity contribution in [3.8, 4) is 0 Å². The van der Waals surface area contributed by atoms with Crippen molar-refractivity contribution in [1.82, 2.24) is 0 Å². The zero-order valence-corrected chi connectivity index (χ0v) is 9.55. The minimum Gasteiger partial charge on any atom is -0.465 e. The van der Waals surface area contributed by atoms with Gasteiger partial charge in [0.05, 0.1) is 12.4 Å². The summed E-state index contributed by atoms with van der Waals surface area (Å²) in [7, 11) is 0. The van der Waals surface area contributed by atoms with Crippen LogP contribution in [-0.2, 0) is 15.3 Å². The van der Waals surface area contributed by atoms with E-state index in [2.05, 4.69) is 0 Å². The number of nitrogens with two attached hydrogens (primary N) is 1. The van der Waals surface area contributed by atoms with Crippen LogP contribution >= 0.6 is 11.8 Å². The van der Waals surface area contributed by atoms with Gasteiger partial charge >= 0.3 is 5.97 Å². The monoisotopic (exact) mass is 225 g/mol. The Balaban J connectivity index is 2.26. The van der Waals surface area contributed by atoms with Gasteiger partial charge in [-0.3, -0.25) is 4.79 Å². The second kappa shape index (κ2) is 6.35. The van der Waals surface area contributed by atoms with Gasteiger partial charge in [-0.2, -0.15) is 0 Å². The summed E-state index contributed by atoms with van der Waals surface area (Å²) in [6.07, 6.45) is 0. The van der Waals surface area contributed by atoms with Crippen LogP contribution in [0.4, 0.5) is 5.69 Å². The standard InChI is InChI=1S/C11H15NO2S/c1-2-14-11(13)8-15-7-9-3-5-10(12)6-4-9/h3-6H,2,7-8,12H2,1H3. The molecule has 3 nitrogen and oxygen atoms in total. The van der Waals surface area contributed by atoms with Gasteiger partial charge in [0.1, 0.15) is 0 Å². The number of ether oxygens (including phenoxy) is 1. The van der Waals surface area contributed by atoms with Crippen molar-refractivity contribution in [1.29, 1.82) is 0 Å². The van der Waals surface area contributed by atoms with Crippen molar-refractivity contribution in [2.24, 2.45) is 0 Å². The first-order valence-electron chi connectivity index (χ1n) is 4.80. The van der Waals surface area contributed by atoms with Crippen LogP contribution in [0.25, 0.3) is 0 Å². The molecule has 1 aromatic rings. The number of hydrogen-bond donors (Lipinski definition) is 1. The molecule has 0 radical (unpaired) electrons. The van der Waals surface area contributed by atoms with Crippen LogP contribution in [0.5, 0.6) is 0 Å². The Morgan fingerprint density at radius 2 is 2.07 bits per heavy atom. The topological polar surface area (TPSA) is 52.3 Å². The molecule has 1 aromatic carbocycles. The molecule has 0 aliphatic rings. The van der Waals surface area contributed by atoms with E-state index in [9.17, 15) is 4.79 Å². The van der Waals surface area contributed by atoms with Crippen molar-refractivity contribution in [2.75, 3.05) is 18.1 Å². The normalized spacial score (nSPS) is 9.93. The first-order valence-corrected chi connectivity index (χ1v) is 5.95. The van der Waals surface area contributed by atoms with E-state index in [1.165, 1.54) is 5.56 Å². The largest absolute Gasteiger partial charge is 0.465 e. The average Bonchev–Trinajstić information content (AvgIpc) is 2.21. The summed E-state index contributed by atoms with van der Waals surface area (Å²) in [4.78, 5) is 11.0. The molecule has 0 fully saturated rings. The van der Waals surface area contributed by atoms with E-state index in [0.29, 0.717) is 12.4 Å². The number of anilines is 1. The van der Waals surface area contributed by atoms with Gasteiger partial charge in [-0.25, -0.2) is 0 Å². The summed E-state index contributed by atoms with van der Waals surface area (Å²) in [5, 5.41) is 0. The van der Waals surface area contributed by atoms with Crippen LogP contribution in [0.15, 0.2) is 24.3 Å². The number of rotatable bonds is 5. The maximum Gasteiger partial charge on any atom is 0.315 e. The number of esters is 1. The number of benzene rings is 1. The molecule has 0 amide bonds. The van der Waals surface area contributed by atoms with Crippen LogP contribution in [0.3, 0.4) is 0 Å². The van der Waals surface area contributed by atoms with Gasteiger partial charge in [-0.1, -0.05) is 12.1 Å². The molecule has 0 aliphatic heterocycles. The van der Waals surface area contributed by atoms with Crippen LogP contribution in [0, 0.1) is 0 Å². The number of hydrogen-bond acceptors (Lipinski definition) is 4. The zero-order valence-electron chi connectivity index (χ0n) is 8.73. The molecule has 4 heteroatoms. The number of nitrogen functional groups attached to an aromatic ring is 1. The first kappa shape index (κ1) is 11.9. The number of carbonyl (C=O) groups excluding carboxylic acids is 1. The quantitative estimate of drug-likeness (QED) is 0.615. The summed E-state index contributed by atoms with van der Waals surface area (Å²) in [6, 6.07) is 7.65. The fourth-order valence-electron chi connectivity index (χ4n) is 1.07. The Morgan fingerprint density at radius 3 is 2.67 bits per heavy atom. The van der Waals surface area contributed by atoms with Crippen molar-refractivity contribution in [3.63, 3.8) is 0 Å². The summed E-state index contributed by atoms with van der Waals surface area (Å²) in [5.41, 5.74) is 7.49. The molecule has 0 saturated heterocycles. The highest BCUT2D eigenvalue weighted by Crippen LogP contribution is 2.13. The van der Waals surface area contributed by atoms with Gasteiger partial charge in [-0.15, -0.1) is 11.8 Å². The molecule has 0 heterocycles. The third-order valence-corrected chi connectivity index (χ3v) is 2.75. The van der Waals surface area contributed by atoms with Crippen molar-refractivity contribution in [2.45, 2.75) is 12.7 Å². The molecule has 2 N–H and O–H groups in total. The van der Waals surface area contributed by atoms with E-state index in [1.54, 1.807) is 11.8 Å². The smallest absolute Gasteiger partial charge is 0.315 e. The molecule has 0 aliphatic carbocycles. The van der Waals surface area contributed by atoms with Crippen LogP contribution in [-0.4, -0.2) is 18.3 Å². The Bertz CT molecular complexity index is 311. The van der Waals surface area contributed by atoms with Crippen LogP contribution < -0.4 is 5.73 Å². The molecule has 82 valence electrons. The molecular weight excluding hydrogens is 210 g/mol. The minimum absolute atomic E-state index is 0.155. The third kappa shape index (κ3) is 4.74. The summed E-state index contributed by atoms with van der Waals surface area (Å²) in [6.45, 7) is 2.25.